The van der Waals surface area contributed by atoms with Gasteiger partial charge in [-0.2, -0.15) is 0 Å². The highest BCUT2D eigenvalue weighted by Gasteiger charge is 2.30. The third-order valence-corrected chi connectivity index (χ3v) is 6.93. The maximum Gasteiger partial charge on any atom is 0.244 e. The molecule has 1 N–H and O–H groups in total. The summed E-state index contributed by atoms with van der Waals surface area (Å²) in [4.78, 5) is 27.6. The van der Waals surface area contributed by atoms with Crippen molar-refractivity contribution >= 4 is 39.1 Å². The quantitative estimate of drug-likeness (QED) is 0.501. The summed E-state index contributed by atoms with van der Waals surface area (Å²) in [6.45, 7) is 5.34. The standard InChI is InChI=1S/C24H32ClN3O5S/c1-6-13-26-24(30)18(3)27(15-19-9-7-10-20(14-19)33-4)23(29)16-28(34(5,31)32)22-12-8-11-21(25)17(22)2/h7-12,14,18H,6,13,15-16H2,1-5H3,(H,26,30). The summed E-state index contributed by atoms with van der Waals surface area (Å²) in [5.74, 6) is -0.227. The lowest BCUT2D eigenvalue weighted by Crippen LogP contribution is -2.51. The van der Waals surface area contributed by atoms with Crippen LogP contribution in [0.4, 0.5) is 5.69 Å². The zero-order valence-corrected chi connectivity index (χ0v) is 21.7. The first-order valence-corrected chi connectivity index (χ1v) is 13.1. The molecule has 0 aliphatic carbocycles. The molecule has 186 valence electrons. The van der Waals surface area contributed by atoms with Gasteiger partial charge in [0.05, 0.1) is 19.1 Å². The van der Waals surface area contributed by atoms with Gasteiger partial charge in [-0.1, -0.05) is 36.7 Å². The summed E-state index contributed by atoms with van der Waals surface area (Å²) in [5.41, 5.74) is 1.59. The van der Waals surface area contributed by atoms with Crippen molar-refractivity contribution in [3.05, 3.63) is 58.6 Å². The first kappa shape index (κ1) is 27.5. The second-order valence-corrected chi connectivity index (χ2v) is 10.3. The minimum Gasteiger partial charge on any atom is -0.497 e. The van der Waals surface area contributed by atoms with Crippen molar-refractivity contribution in [3.8, 4) is 5.75 Å². The van der Waals surface area contributed by atoms with Crippen LogP contribution >= 0.6 is 11.6 Å². The van der Waals surface area contributed by atoms with E-state index in [4.69, 9.17) is 16.3 Å². The van der Waals surface area contributed by atoms with Crippen molar-refractivity contribution in [2.24, 2.45) is 0 Å². The predicted molar refractivity (Wildman–Crippen MR) is 135 cm³/mol. The van der Waals surface area contributed by atoms with Crippen LogP contribution in [-0.2, 0) is 26.2 Å². The molecule has 0 radical (unpaired) electrons. The molecule has 10 heteroatoms. The van der Waals surface area contributed by atoms with E-state index < -0.39 is 28.5 Å². The lowest BCUT2D eigenvalue weighted by Gasteiger charge is -2.32. The van der Waals surface area contributed by atoms with Crippen molar-refractivity contribution in [1.29, 1.82) is 0 Å². The van der Waals surface area contributed by atoms with Crippen molar-refractivity contribution < 1.29 is 22.7 Å². The first-order chi connectivity index (χ1) is 16.0. The molecule has 2 amide bonds. The zero-order valence-electron chi connectivity index (χ0n) is 20.2. The number of nitrogens with zero attached hydrogens (tertiary/aromatic N) is 2. The molecule has 0 bridgehead atoms. The molecule has 1 atom stereocenters. The van der Waals surface area contributed by atoms with Gasteiger partial charge >= 0.3 is 0 Å². The van der Waals surface area contributed by atoms with E-state index in [1.807, 2.05) is 13.0 Å². The summed E-state index contributed by atoms with van der Waals surface area (Å²) >= 11 is 6.20. The van der Waals surface area contributed by atoms with E-state index in [0.717, 1.165) is 22.5 Å². The van der Waals surface area contributed by atoms with Gasteiger partial charge in [0.1, 0.15) is 18.3 Å². The van der Waals surface area contributed by atoms with Gasteiger partial charge in [-0.15, -0.1) is 0 Å². The van der Waals surface area contributed by atoms with Crippen molar-refractivity contribution in [3.63, 3.8) is 0 Å². The summed E-state index contributed by atoms with van der Waals surface area (Å²) in [6, 6.07) is 11.2. The Kier molecular flexibility index (Phi) is 9.76. The fraction of sp³-hybridized carbons (Fsp3) is 0.417. The highest BCUT2D eigenvalue weighted by Crippen LogP contribution is 2.28. The number of carbonyl (C=O) groups excluding carboxylic acids is 2. The number of hydrogen-bond donors (Lipinski definition) is 1. The van der Waals surface area contributed by atoms with Crippen LogP contribution in [0.5, 0.6) is 5.75 Å². The Bertz CT molecular complexity index is 1120. The summed E-state index contributed by atoms with van der Waals surface area (Å²) in [6.07, 6.45) is 1.78. The number of sulfonamides is 1. The number of carbonyl (C=O) groups is 2. The first-order valence-electron chi connectivity index (χ1n) is 10.9. The van der Waals surface area contributed by atoms with Crippen molar-refractivity contribution in [2.45, 2.75) is 39.8 Å². The Morgan fingerprint density at radius 2 is 1.85 bits per heavy atom. The van der Waals surface area contributed by atoms with E-state index in [1.165, 1.54) is 4.90 Å². The average molecular weight is 510 g/mol. The van der Waals surface area contributed by atoms with E-state index >= 15 is 0 Å². The minimum absolute atomic E-state index is 0.100. The number of methoxy groups -OCH3 is 1. The monoisotopic (exact) mass is 509 g/mol. The number of ether oxygens (including phenoxy) is 1. The lowest BCUT2D eigenvalue weighted by atomic mass is 10.1. The molecule has 0 saturated carbocycles. The highest BCUT2D eigenvalue weighted by atomic mass is 35.5. The molecule has 2 rings (SSSR count). The fourth-order valence-corrected chi connectivity index (χ4v) is 4.48. The fourth-order valence-electron chi connectivity index (χ4n) is 3.41. The SMILES string of the molecule is CCCNC(=O)C(C)N(Cc1cccc(OC)c1)C(=O)CN(c1cccc(Cl)c1C)S(C)(=O)=O. The lowest BCUT2D eigenvalue weighted by molar-refractivity contribution is -0.139. The van der Waals surface area contributed by atoms with E-state index in [0.29, 0.717) is 28.6 Å². The van der Waals surface area contributed by atoms with Crippen LogP contribution in [0.15, 0.2) is 42.5 Å². The van der Waals surface area contributed by atoms with Gasteiger partial charge in [0, 0.05) is 18.1 Å². The molecule has 0 aliphatic heterocycles. The summed E-state index contributed by atoms with van der Waals surface area (Å²) in [7, 11) is -2.28. The Morgan fingerprint density at radius 3 is 2.47 bits per heavy atom. The van der Waals surface area contributed by atoms with Crippen molar-refractivity contribution in [1.82, 2.24) is 10.2 Å². The smallest absolute Gasteiger partial charge is 0.244 e. The second-order valence-electron chi connectivity index (χ2n) is 7.99. The molecule has 2 aromatic carbocycles. The molecule has 0 aromatic heterocycles. The third-order valence-electron chi connectivity index (χ3n) is 5.39. The molecular formula is C24H32ClN3O5S. The van der Waals surface area contributed by atoms with Crippen LogP contribution in [0.3, 0.4) is 0 Å². The number of rotatable bonds is 11. The number of amides is 2. The topological polar surface area (TPSA) is 96.0 Å². The van der Waals surface area contributed by atoms with E-state index in [9.17, 15) is 18.0 Å². The molecule has 0 fully saturated rings. The number of benzene rings is 2. The van der Waals surface area contributed by atoms with Crippen molar-refractivity contribution in [2.75, 3.05) is 30.8 Å². The number of anilines is 1. The summed E-state index contributed by atoms with van der Waals surface area (Å²) < 4.78 is 31.6. The molecule has 0 spiro atoms. The average Bonchev–Trinajstić information content (AvgIpc) is 2.80. The molecule has 1 unspecified atom stereocenters. The van der Waals surface area contributed by atoms with Gasteiger partial charge < -0.3 is 15.0 Å². The van der Waals surface area contributed by atoms with Crippen LogP contribution in [0, 0.1) is 6.92 Å². The van der Waals surface area contributed by atoms with Gasteiger partial charge in [0.15, 0.2) is 0 Å². The van der Waals surface area contributed by atoms with Crippen LogP contribution < -0.4 is 14.4 Å². The molecule has 8 nitrogen and oxygen atoms in total. The predicted octanol–water partition coefficient (Wildman–Crippen LogP) is 3.37. The van der Waals surface area contributed by atoms with Crippen LogP contribution in [0.25, 0.3) is 0 Å². The molecule has 34 heavy (non-hydrogen) atoms. The maximum absolute atomic E-state index is 13.5. The third kappa shape index (κ3) is 7.11. The van der Waals surface area contributed by atoms with E-state index in [2.05, 4.69) is 5.32 Å². The molecule has 0 saturated heterocycles. The molecular weight excluding hydrogens is 478 g/mol. The van der Waals surface area contributed by atoms with Gasteiger partial charge in [-0.25, -0.2) is 8.42 Å². The van der Waals surface area contributed by atoms with Crippen LogP contribution in [-0.4, -0.2) is 57.6 Å². The Hall–Kier alpha value is -2.78. The number of halogens is 1. The molecule has 0 aliphatic rings. The number of nitrogens with one attached hydrogen (secondary N) is 1. The number of hydrogen-bond acceptors (Lipinski definition) is 5. The van der Waals surface area contributed by atoms with Gasteiger partial charge in [-0.3, -0.25) is 13.9 Å². The second kappa shape index (κ2) is 12.1. The molecule has 0 heterocycles. The normalized spacial score (nSPS) is 12.1. The summed E-state index contributed by atoms with van der Waals surface area (Å²) in [5, 5.41) is 3.19. The minimum atomic E-state index is -3.82. The zero-order chi connectivity index (χ0) is 25.5. The Labute approximate surface area is 206 Å². The van der Waals surface area contributed by atoms with Gasteiger partial charge in [-0.05, 0) is 55.7 Å². The largest absolute Gasteiger partial charge is 0.497 e. The Morgan fingerprint density at radius 1 is 1.18 bits per heavy atom. The Balaban J connectivity index is 2.43. The van der Waals surface area contributed by atoms with E-state index in [1.54, 1.807) is 57.4 Å². The van der Waals surface area contributed by atoms with Gasteiger partial charge in [0.2, 0.25) is 21.8 Å². The van der Waals surface area contributed by atoms with E-state index in [-0.39, 0.29) is 12.5 Å². The highest BCUT2D eigenvalue weighted by molar-refractivity contribution is 7.92. The molecule has 2 aromatic rings. The van der Waals surface area contributed by atoms with Crippen LogP contribution in [0.1, 0.15) is 31.4 Å². The maximum atomic E-state index is 13.5. The van der Waals surface area contributed by atoms with Crippen LogP contribution in [0.2, 0.25) is 5.02 Å². The van der Waals surface area contributed by atoms with Gasteiger partial charge in [0.25, 0.3) is 0 Å².